The van der Waals surface area contributed by atoms with E-state index in [4.69, 9.17) is 0 Å². The largest absolute Gasteiger partial charge is 0.337 e. The lowest BCUT2D eigenvalue weighted by Gasteiger charge is -2.17. The predicted octanol–water partition coefficient (Wildman–Crippen LogP) is 1.69. The maximum absolute atomic E-state index is 11.6. The molecule has 0 aromatic carbocycles. The second kappa shape index (κ2) is 7.12. The molecule has 0 aliphatic carbocycles. The van der Waals surface area contributed by atoms with E-state index < -0.39 is 15.1 Å². The molecular weight excluding hydrogens is 264 g/mol. The Labute approximate surface area is 116 Å². The first-order chi connectivity index (χ1) is 8.81. The Kier molecular flexibility index (Phi) is 6.10. The Balaban J connectivity index is 2.24. The molecule has 1 fully saturated rings. The van der Waals surface area contributed by atoms with E-state index in [0.29, 0.717) is 18.8 Å². The van der Waals surface area contributed by atoms with Crippen molar-refractivity contribution in [2.24, 2.45) is 5.92 Å². The molecule has 1 saturated heterocycles. The van der Waals surface area contributed by atoms with Gasteiger partial charge >= 0.3 is 6.03 Å². The van der Waals surface area contributed by atoms with Crippen molar-refractivity contribution >= 4 is 15.9 Å². The number of hydrogen-bond acceptors (Lipinski definition) is 3. The Hall–Kier alpha value is -0.780. The smallest absolute Gasteiger partial charge is 0.315 e. The molecule has 1 heterocycles. The SMILES string of the molecule is CC(C)CC[C@@H](C)NC(=O)NC[C@@H]1CCCS1(=O)=O. The fraction of sp³-hybridized carbons (Fsp3) is 0.923. The van der Waals surface area contributed by atoms with Crippen LogP contribution < -0.4 is 10.6 Å². The van der Waals surface area contributed by atoms with Gasteiger partial charge in [-0.25, -0.2) is 13.2 Å². The Bertz CT molecular complexity index is 393. The minimum absolute atomic E-state index is 0.114. The second-order valence-electron chi connectivity index (χ2n) is 5.86. The minimum Gasteiger partial charge on any atom is -0.337 e. The lowest BCUT2D eigenvalue weighted by atomic mass is 10.0. The number of amides is 2. The van der Waals surface area contributed by atoms with Crippen LogP contribution in [0.5, 0.6) is 0 Å². The van der Waals surface area contributed by atoms with Crippen LogP contribution >= 0.6 is 0 Å². The highest BCUT2D eigenvalue weighted by Crippen LogP contribution is 2.18. The molecule has 1 aliphatic heterocycles. The lowest BCUT2D eigenvalue weighted by molar-refractivity contribution is 0.236. The van der Waals surface area contributed by atoms with Crippen molar-refractivity contribution in [3.63, 3.8) is 0 Å². The Morgan fingerprint density at radius 3 is 2.47 bits per heavy atom. The molecule has 1 rings (SSSR count). The highest BCUT2D eigenvalue weighted by molar-refractivity contribution is 7.92. The third-order valence-corrected chi connectivity index (χ3v) is 5.78. The molecule has 2 N–H and O–H groups in total. The molecule has 0 spiro atoms. The summed E-state index contributed by atoms with van der Waals surface area (Å²) in [5, 5.41) is 5.11. The van der Waals surface area contributed by atoms with Crippen molar-refractivity contribution in [3.05, 3.63) is 0 Å². The van der Waals surface area contributed by atoms with Gasteiger partial charge in [-0.3, -0.25) is 0 Å². The molecule has 112 valence electrons. The zero-order valence-corrected chi connectivity index (χ0v) is 12.9. The number of rotatable bonds is 6. The molecule has 5 nitrogen and oxygen atoms in total. The van der Waals surface area contributed by atoms with Gasteiger partial charge in [0.25, 0.3) is 0 Å². The van der Waals surface area contributed by atoms with Gasteiger partial charge in [0.15, 0.2) is 9.84 Å². The topological polar surface area (TPSA) is 75.3 Å². The van der Waals surface area contributed by atoms with Crippen LogP contribution in [0.25, 0.3) is 0 Å². The van der Waals surface area contributed by atoms with Crippen LogP contribution in [0, 0.1) is 5.92 Å². The number of carbonyl (C=O) groups is 1. The van der Waals surface area contributed by atoms with Crippen molar-refractivity contribution in [1.29, 1.82) is 0 Å². The van der Waals surface area contributed by atoms with E-state index in [1.54, 1.807) is 0 Å². The molecule has 19 heavy (non-hydrogen) atoms. The van der Waals surface area contributed by atoms with Crippen molar-refractivity contribution in [2.75, 3.05) is 12.3 Å². The summed E-state index contributed by atoms with van der Waals surface area (Å²) in [6.07, 6.45) is 3.37. The third-order valence-electron chi connectivity index (χ3n) is 3.51. The van der Waals surface area contributed by atoms with E-state index in [-0.39, 0.29) is 24.4 Å². The molecule has 2 amide bonds. The quantitative estimate of drug-likeness (QED) is 0.781. The molecule has 0 bridgehead atoms. The fourth-order valence-electron chi connectivity index (χ4n) is 2.22. The maximum Gasteiger partial charge on any atom is 0.315 e. The molecule has 0 unspecified atom stereocenters. The fourth-order valence-corrected chi connectivity index (χ4v) is 3.99. The average molecular weight is 290 g/mol. The van der Waals surface area contributed by atoms with Crippen LogP contribution in [0.15, 0.2) is 0 Å². The van der Waals surface area contributed by atoms with Crippen molar-refractivity contribution in [2.45, 2.75) is 57.7 Å². The first kappa shape index (κ1) is 16.3. The molecule has 2 atom stereocenters. The summed E-state index contributed by atoms with van der Waals surface area (Å²) in [6, 6.07) is -0.152. The lowest BCUT2D eigenvalue weighted by Crippen LogP contribution is -2.44. The zero-order valence-electron chi connectivity index (χ0n) is 12.1. The summed E-state index contributed by atoms with van der Waals surface area (Å²) in [5.74, 6) is 0.877. The van der Waals surface area contributed by atoms with Crippen LogP contribution in [0.1, 0.15) is 46.5 Å². The molecule has 6 heteroatoms. The maximum atomic E-state index is 11.6. The van der Waals surface area contributed by atoms with Gasteiger partial charge < -0.3 is 10.6 Å². The standard InChI is InChI=1S/C13H26N2O3S/c1-10(2)6-7-11(3)15-13(16)14-9-12-5-4-8-19(12,17)18/h10-12H,4-9H2,1-3H3,(H2,14,15,16)/t11-,12+/m1/s1. The highest BCUT2D eigenvalue weighted by atomic mass is 32.2. The van der Waals surface area contributed by atoms with Gasteiger partial charge in [-0.15, -0.1) is 0 Å². The van der Waals surface area contributed by atoms with Crippen LogP contribution in [0.2, 0.25) is 0 Å². The average Bonchev–Trinajstić information content (AvgIpc) is 2.63. The summed E-state index contributed by atoms with van der Waals surface area (Å²) in [6.45, 7) is 6.49. The van der Waals surface area contributed by atoms with Crippen LogP contribution in [-0.4, -0.2) is 38.0 Å². The van der Waals surface area contributed by atoms with Crippen molar-refractivity contribution in [3.8, 4) is 0 Å². The summed E-state index contributed by atoms with van der Waals surface area (Å²) in [7, 11) is -2.98. The number of urea groups is 1. The van der Waals surface area contributed by atoms with Gasteiger partial charge in [-0.05, 0) is 38.5 Å². The first-order valence-corrected chi connectivity index (χ1v) is 8.78. The van der Waals surface area contributed by atoms with Gasteiger partial charge in [0.05, 0.1) is 11.0 Å². The van der Waals surface area contributed by atoms with Crippen LogP contribution in [0.4, 0.5) is 4.79 Å². The minimum atomic E-state index is -2.98. The van der Waals surface area contributed by atoms with Crippen LogP contribution in [0.3, 0.4) is 0 Å². The number of sulfone groups is 1. The van der Waals surface area contributed by atoms with Gasteiger partial charge in [0.2, 0.25) is 0 Å². The normalized spacial score (nSPS) is 23.3. The summed E-state index contributed by atoms with van der Waals surface area (Å²) < 4.78 is 23.2. The second-order valence-corrected chi connectivity index (χ2v) is 8.26. The number of nitrogens with one attached hydrogen (secondary N) is 2. The molecule has 0 saturated carbocycles. The van der Waals surface area contributed by atoms with Gasteiger partial charge in [0.1, 0.15) is 0 Å². The van der Waals surface area contributed by atoms with Gasteiger partial charge in [-0.1, -0.05) is 13.8 Å². The van der Waals surface area contributed by atoms with Crippen molar-refractivity contribution in [1.82, 2.24) is 10.6 Å². The molecule has 1 aliphatic rings. The van der Waals surface area contributed by atoms with E-state index in [2.05, 4.69) is 24.5 Å². The summed E-state index contributed by atoms with van der Waals surface area (Å²) >= 11 is 0. The molecular formula is C13H26N2O3S. The van der Waals surface area contributed by atoms with E-state index in [0.717, 1.165) is 12.8 Å². The van der Waals surface area contributed by atoms with E-state index in [9.17, 15) is 13.2 Å². The Morgan fingerprint density at radius 1 is 1.26 bits per heavy atom. The predicted molar refractivity (Wildman–Crippen MR) is 76.9 cm³/mol. The molecule has 0 radical (unpaired) electrons. The third kappa shape index (κ3) is 5.80. The van der Waals surface area contributed by atoms with Gasteiger partial charge in [-0.2, -0.15) is 0 Å². The Morgan fingerprint density at radius 2 is 1.95 bits per heavy atom. The van der Waals surface area contributed by atoms with E-state index in [1.807, 2.05) is 6.92 Å². The van der Waals surface area contributed by atoms with E-state index >= 15 is 0 Å². The molecule has 0 aromatic heterocycles. The first-order valence-electron chi connectivity index (χ1n) is 7.07. The zero-order chi connectivity index (χ0) is 14.5. The highest BCUT2D eigenvalue weighted by Gasteiger charge is 2.31. The number of hydrogen-bond donors (Lipinski definition) is 2. The summed E-state index contributed by atoms with van der Waals surface area (Å²) in [4.78, 5) is 11.6. The van der Waals surface area contributed by atoms with Crippen LogP contribution in [-0.2, 0) is 9.84 Å². The summed E-state index contributed by atoms with van der Waals surface area (Å²) in [5.41, 5.74) is 0. The monoisotopic (exact) mass is 290 g/mol. The van der Waals surface area contributed by atoms with E-state index in [1.165, 1.54) is 0 Å². The van der Waals surface area contributed by atoms with Crippen molar-refractivity contribution < 1.29 is 13.2 Å². The number of carbonyl (C=O) groups excluding carboxylic acids is 1. The van der Waals surface area contributed by atoms with Gasteiger partial charge in [0, 0.05) is 12.6 Å². The molecule has 0 aromatic rings.